The molecule has 5 atom stereocenters. The van der Waals surface area contributed by atoms with Gasteiger partial charge < -0.3 is 53.8 Å². The summed E-state index contributed by atoms with van der Waals surface area (Å²) in [4.78, 5) is 132. The molecule has 14 N–H and O–H groups in total. The van der Waals surface area contributed by atoms with Gasteiger partial charge in [-0.05, 0) is 50.5 Å². The Morgan fingerprint density at radius 3 is 2.18 bits per heavy atom. The van der Waals surface area contributed by atoms with E-state index >= 15 is 0 Å². The first-order chi connectivity index (χ1) is 30.8. The number of nitrogens with zero attached hydrogens (tertiary/aromatic N) is 4. The van der Waals surface area contributed by atoms with Gasteiger partial charge in [0.25, 0.3) is 11.5 Å². The van der Waals surface area contributed by atoms with E-state index in [-0.39, 0.29) is 60.3 Å². The third-order valence-corrected chi connectivity index (χ3v) is 11.8. The number of aliphatic imine (C=N–C) groups is 1. The van der Waals surface area contributed by atoms with Gasteiger partial charge in [-0.1, -0.05) is 28.5 Å². The molecule has 0 saturated heterocycles. The van der Waals surface area contributed by atoms with E-state index in [1.165, 1.54) is 52.1 Å². The van der Waals surface area contributed by atoms with E-state index in [4.69, 9.17) is 24.1 Å². The third kappa shape index (κ3) is 18.1. The fourth-order valence-electron chi connectivity index (χ4n) is 5.86. The number of aromatic nitrogens is 4. The molecule has 3 amide bonds. The number of nitrogen functional groups attached to an aromatic ring is 1. The maximum absolute atomic E-state index is 13.5. The Kier molecular flexibility index (Phi) is 21.1. The summed E-state index contributed by atoms with van der Waals surface area (Å²) in [6.07, 6.45) is -1.50. The standard InChI is InChI=1S/C39H50N12O12S2/c1-3-64-65-18-22(36(60)61)14-28(53)26(15-30(55)56)49-34(58)21(5-4-12-43-38(40)41)13-27(52)19(2)46-29(54)11-10-25(37(62)63)48-33(57)20-6-8-23(9-7-20)44-16-24-17-45-32-31(47-24)35(59)51-39(42)50-32/h2,6-9,17,19,21-22,25-26,44H,3-5,10-16,18H2,1H3,(H,46,54)(H,48,57)(H,49,58)(H,55,56)(H,60,61)(H,62,63)(H4,40,41,43)(H3,42,45,50,51,59)/t19-,21+,22-,25-,26-/m0/s1. The van der Waals surface area contributed by atoms with Crippen molar-refractivity contribution in [2.75, 3.05) is 29.1 Å². The number of carbonyl (C=O) groups is 8. The summed E-state index contributed by atoms with van der Waals surface area (Å²) in [5, 5.41) is 38.8. The van der Waals surface area contributed by atoms with Gasteiger partial charge >= 0.3 is 17.9 Å². The first-order valence-electron chi connectivity index (χ1n) is 19.8. The number of guanidine groups is 1. The second-order valence-corrected chi connectivity index (χ2v) is 17.0. The molecule has 1 aromatic carbocycles. The number of hydrogen-bond donors (Lipinski definition) is 11. The van der Waals surface area contributed by atoms with Crippen LogP contribution in [0.3, 0.4) is 0 Å². The molecule has 3 rings (SSSR count). The van der Waals surface area contributed by atoms with Crippen LogP contribution >= 0.6 is 21.6 Å². The molecule has 26 heteroatoms. The summed E-state index contributed by atoms with van der Waals surface area (Å²) in [6.45, 7) is 7.98. The second-order valence-electron chi connectivity index (χ2n) is 14.2. The monoisotopic (exact) mass is 942 g/mol. The predicted octanol–water partition coefficient (Wildman–Crippen LogP) is -0.284. The van der Waals surface area contributed by atoms with Crippen molar-refractivity contribution < 1.29 is 53.7 Å². The zero-order valence-electron chi connectivity index (χ0n) is 35.0. The number of Topliss-reactive ketones (excluding diaryl/α,β-unsaturated/α-hetero) is 2. The van der Waals surface area contributed by atoms with Gasteiger partial charge in [0.2, 0.25) is 17.8 Å². The second kappa shape index (κ2) is 26.1. The molecular weight excluding hydrogens is 893 g/mol. The predicted molar refractivity (Wildman–Crippen MR) is 239 cm³/mol. The molecule has 65 heavy (non-hydrogen) atoms. The van der Waals surface area contributed by atoms with Crippen molar-refractivity contribution >= 4 is 97.5 Å². The van der Waals surface area contributed by atoms with Crippen molar-refractivity contribution in [3.05, 3.63) is 59.0 Å². The van der Waals surface area contributed by atoms with Gasteiger partial charge in [0.1, 0.15) is 6.04 Å². The summed E-state index contributed by atoms with van der Waals surface area (Å²) in [5.74, 6) is -10.5. The first-order valence-corrected chi connectivity index (χ1v) is 22.3. The number of carboxylic acid groups (broad SMARTS) is 3. The van der Waals surface area contributed by atoms with Gasteiger partial charge in [0.15, 0.2) is 28.7 Å². The average Bonchev–Trinajstić information content (AvgIpc) is 3.24. The molecule has 0 saturated carbocycles. The van der Waals surface area contributed by atoms with E-state index in [0.717, 1.165) is 0 Å². The van der Waals surface area contributed by atoms with Crippen LogP contribution in [0.25, 0.3) is 11.2 Å². The molecule has 0 aliphatic heterocycles. The number of aromatic amines is 1. The van der Waals surface area contributed by atoms with Crippen LogP contribution in [0.15, 0.2) is 40.2 Å². The number of nitrogens with two attached hydrogens (primary N) is 3. The van der Waals surface area contributed by atoms with Crippen molar-refractivity contribution in [1.29, 1.82) is 0 Å². The SMILES string of the molecule is [CH][C@H](NC(=O)CC[C@H](NC(=O)c1ccc(NCc2cnc3nc(N)[nH]c(=O)c3n2)cc1)C(=O)O)C(=O)C[C@@H](CCCN=C(N)N)C(=O)N[C@@H](CC(=O)O)C(=O)C[C@@H](CSSCC)C(=O)O. The average molecular weight is 943 g/mol. The summed E-state index contributed by atoms with van der Waals surface area (Å²) in [5.41, 5.74) is 16.8. The summed E-state index contributed by atoms with van der Waals surface area (Å²) in [6, 6.07) is 1.04. The van der Waals surface area contributed by atoms with E-state index < -0.39 is 115 Å². The summed E-state index contributed by atoms with van der Waals surface area (Å²) >= 11 is 0. The number of carbonyl (C=O) groups excluding carboxylic acids is 5. The summed E-state index contributed by atoms with van der Waals surface area (Å²) in [7, 11) is 2.61. The van der Waals surface area contributed by atoms with Crippen molar-refractivity contribution in [3.63, 3.8) is 0 Å². The number of benzene rings is 1. The van der Waals surface area contributed by atoms with Gasteiger partial charge in [0.05, 0.1) is 42.9 Å². The minimum atomic E-state index is -1.70. The first kappa shape index (κ1) is 52.5. The Labute approximate surface area is 378 Å². The molecular formula is C39H50N12O12S2. The van der Waals surface area contributed by atoms with Crippen molar-refractivity contribution in [1.82, 2.24) is 35.9 Å². The number of rotatable bonds is 29. The Balaban J connectivity index is 1.58. The molecule has 0 unspecified atom stereocenters. The van der Waals surface area contributed by atoms with Crippen LogP contribution in [0.2, 0.25) is 0 Å². The molecule has 3 aromatic rings. The smallest absolute Gasteiger partial charge is 0.326 e. The van der Waals surface area contributed by atoms with E-state index in [1.807, 2.05) is 6.92 Å². The Morgan fingerprint density at radius 1 is 0.862 bits per heavy atom. The summed E-state index contributed by atoms with van der Waals surface area (Å²) < 4.78 is 0. The number of aliphatic carboxylic acids is 3. The minimum Gasteiger partial charge on any atom is -0.481 e. The minimum absolute atomic E-state index is 0.00375. The lowest BCUT2D eigenvalue weighted by Crippen LogP contribution is -2.47. The quantitative estimate of drug-likeness (QED) is 0.0184. The zero-order valence-corrected chi connectivity index (χ0v) is 36.6. The largest absolute Gasteiger partial charge is 0.481 e. The van der Waals surface area contributed by atoms with Crippen molar-refractivity contribution in [2.45, 2.75) is 76.5 Å². The lowest BCUT2D eigenvalue weighted by atomic mass is 9.92. The van der Waals surface area contributed by atoms with Gasteiger partial charge in [-0.15, -0.1) is 0 Å². The van der Waals surface area contributed by atoms with Crippen LogP contribution in [0.1, 0.15) is 67.9 Å². The highest BCUT2D eigenvalue weighted by Gasteiger charge is 2.33. The van der Waals surface area contributed by atoms with Crippen molar-refractivity contribution in [3.8, 4) is 0 Å². The third-order valence-electron chi connectivity index (χ3n) is 9.21. The number of amides is 3. The van der Waals surface area contributed by atoms with E-state index in [0.29, 0.717) is 17.1 Å². The molecule has 0 spiro atoms. The van der Waals surface area contributed by atoms with Gasteiger partial charge in [0, 0.05) is 54.5 Å². The lowest BCUT2D eigenvalue weighted by molar-refractivity contribution is -0.144. The zero-order chi connectivity index (χ0) is 48.2. The van der Waals surface area contributed by atoms with Gasteiger partial charge in [-0.25, -0.2) is 14.8 Å². The van der Waals surface area contributed by atoms with Crippen LogP contribution in [0.4, 0.5) is 11.6 Å². The fourth-order valence-corrected chi connectivity index (χ4v) is 7.83. The number of anilines is 2. The highest BCUT2D eigenvalue weighted by atomic mass is 33.1. The van der Waals surface area contributed by atoms with Gasteiger partial charge in [-0.2, -0.15) is 4.98 Å². The highest BCUT2D eigenvalue weighted by Crippen LogP contribution is 2.26. The van der Waals surface area contributed by atoms with E-state index in [9.17, 15) is 58.5 Å². The molecule has 350 valence electrons. The molecule has 2 heterocycles. The topological polar surface area (TPSA) is 407 Å². The Hall–Kier alpha value is -6.83. The van der Waals surface area contributed by atoms with Gasteiger partial charge in [-0.3, -0.25) is 48.3 Å². The maximum Gasteiger partial charge on any atom is 0.326 e. The highest BCUT2D eigenvalue weighted by molar-refractivity contribution is 8.76. The fraction of sp³-hybridized carbons (Fsp3) is 0.436. The number of nitrogens with one attached hydrogen (secondary N) is 5. The normalized spacial score (nSPS) is 13.3. The van der Waals surface area contributed by atoms with Crippen LogP contribution in [0.5, 0.6) is 0 Å². The Bertz CT molecular complexity index is 2290. The van der Waals surface area contributed by atoms with Crippen LogP contribution in [0, 0.1) is 18.8 Å². The number of H-pyrrole nitrogens is 1. The molecule has 0 fully saturated rings. The Morgan fingerprint density at radius 2 is 1.55 bits per heavy atom. The molecule has 0 aliphatic carbocycles. The molecule has 2 radical (unpaired) electrons. The molecule has 0 bridgehead atoms. The number of carboxylic acids is 3. The van der Waals surface area contributed by atoms with Crippen molar-refractivity contribution in [2.24, 2.45) is 28.3 Å². The lowest BCUT2D eigenvalue weighted by Gasteiger charge is -2.23. The maximum atomic E-state index is 13.5. The van der Waals surface area contributed by atoms with E-state index in [2.05, 4.69) is 46.2 Å². The molecule has 0 aliphatic rings. The van der Waals surface area contributed by atoms with E-state index in [1.54, 1.807) is 0 Å². The number of fused-ring (bicyclic) bond motifs is 1. The van der Waals surface area contributed by atoms with Crippen LogP contribution < -0.4 is 44.0 Å². The number of hydrogen-bond acceptors (Lipinski definition) is 17. The number of ketones is 2. The molecule has 2 aromatic heterocycles. The molecule has 24 nitrogen and oxygen atoms in total. The van der Waals surface area contributed by atoms with Crippen LogP contribution in [-0.4, -0.2) is 125 Å². The van der Waals surface area contributed by atoms with Crippen LogP contribution in [-0.2, 0) is 40.1 Å².